The summed E-state index contributed by atoms with van der Waals surface area (Å²) in [6, 6.07) is 13.3. The predicted octanol–water partition coefficient (Wildman–Crippen LogP) is -0.794. The molecule has 0 aliphatic rings. The van der Waals surface area contributed by atoms with Crippen LogP contribution in [0, 0.1) is 0 Å². The molecule has 2 rings (SSSR count). The fourth-order valence-corrected chi connectivity index (χ4v) is 1.91. The third kappa shape index (κ3) is 5.49. The quantitative estimate of drug-likeness (QED) is 0.591. The minimum absolute atomic E-state index is 0. The Balaban J connectivity index is 0.00000220. The van der Waals surface area contributed by atoms with Gasteiger partial charge in [-0.2, -0.15) is 0 Å². The van der Waals surface area contributed by atoms with Gasteiger partial charge in [-0.3, -0.25) is 5.32 Å². The van der Waals surface area contributed by atoms with Crippen molar-refractivity contribution in [3.63, 3.8) is 0 Å². The van der Waals surface area contributed by atoms with Gasteiger partial charge < -0.3 is 9.29 Å². The van der Waals surface area contributed by atoms with Gasteiger partial charge in [-0.05, 0) is 36.4 Å². The SMILES string of the molecule is O=C(Nc1ccc(S(=O)(=O)[O-])cc1)Oc1ccccc1.[Na+]. The molecule has 0 saturated heterocycles. The number of rotatable bonds is 3. The fraction of sp³-hybridized carbons (Fsp3) is 0. The first kappa shape index (κ1) is 17.7. The second kappa shape index (κ2) is 7.58. The normalized spacial score (nSPS) is 10.3. The van der Waals surface area contributed by atoms with Gasteiger partial charge in [0, 0.05) is 5.69 Å². The Kier molecular flexibility index (Phi) is 6.38. The molecule has 1 amide bonds. The van der Waals surface area contributed by atoms with E-state index in [0.717, 1.165) is 12.1 Å². The van der Waals surface area contributed by atoms with Crippen molar-refractivity contribution >= 4 is 21.9 Å². The number of benzene rings is 2. The largest absolute Gasteiger partial charge is 1.00 e. The van der Waals surface area contributed by atoms with Gasteiger partial charge in [-0.1, -0.05) is 18.2 Å². The zero-order chi connectivity index (χ0) is 14.6. The summed E-state index contributed by atoms with van der Waals surface area (Å²) in [4.78, 5) is 11.2. The Labute approximate surface area is 144 Å². The number of anilines is 1. The van der Waals surface area contributed by atoms with Crippen molar-refractivity contribution in [2.24, 2.45) is 0 Å². The summed E-state index contributed by atoms with van der Waals surface area (Å²) in [7, 11) is -4.49. The van der Waals surface area contributed by atoms with Crippen molar-refractivity contribution < 1.29 is 52.1 Å². The third-order valence-electron chi connectivity index (χ3n) is 2.34. The van der Waals surface area contributed by atoms with Crippen molar-refractivity contribution in [3.8, 4) is 5.75 Å². The zero-order valence-corrected chi connectivity index (χ0v) is 14.0. The van der Waals surface area contributed by atoms with E-state index in [1.54, 1.807) is 30.3 Å². The van der Waals surface area contributed by atoms with Gasteiger partial charge >= 0.3 is 35.7 Å². The molecule has 0 bridgehead atoms. The van der Waals surface area contributed by atoms with E-state index in [-0.39, 0.29) is 34.5 Å². The number of carbonyl (C=O) groups excluding carboxylic acids is 1. The first-order chi connectivity index (χ1) is 9.45. The van der Waals surface area contributed by atoms with Crippen molar-refractivity contribution in [2.75, 3.05) is 5.32 Å². The number of carbonyl (C=O) groups is 1. The van der Waals surface area contributed by atoms with Gasteiger partial charge in [0.25, 0.3) is 0 Å². The first-order valence-corrected chi connectivity index (χ1v) is 6.96. The zero-order valence-electron chi connectivity index (χ0n) is 11.1. The molecule has 0 aliphatic carbocycles. The van der Waals surface area contributed by atoms with Crippen LogP contribution in [0.3, 0.4) is 0 Å². The molecular formula is C13H10NNaO5S. The van der Waals surface area contributed by atoms with Crippen molar-refractivity contribution in [2.45, 2.75) is 4.90 Å². The van der Waals surface area contributed by atoms with Crippen LogP contribution in [0.5, 0.6) is 5.75 Å². The molecule has 0 saturated carbocycles. The van der Waals surface area contributed by atoms with Gasteiger partial charge in [-0.25, -0.2) is 13.2 Å². The molecule has 1 N–H and O–H groups in total. The number of hydrogen-bond donors (Lipinski definition) is 1. The number of hydrogen-bond acceptors (Lipinski definition) is 5. The molecule has 6 nitrogen and oxygen atoms in total. The molecule has 0 atom stereocenters. The molecule has 0 unspecified atom stereocenters. The van der Waals surface area contributed by atoms with Crippen molar-refractivity contribution in [1.29, 1.82) is 0 Å². The molecular weight excluding hydrogens is 305 g/mol. The van der Waals surface area contributed by atoms with Crippen LogP contribution in [0.1, 0.15) is 0 Å². The topological polar surface area (TPSA) is 95.5 Å². The summed E-state index contributed by atoms with van der Waals surface area (Å²) in [6.45, 7) is 0. The summed E-state index contributed by atoms with van der Waals surface area (Å²) in [6.07, 6.45) is -0.714. The summed E-state index contributed by atoms with van der Waals surface area (Å²) in [5.41, 5.74) is 0.318. The first-order valence-electron chi connectivity index (χ1n) is 5.55. The van der Waals surface area contributed by atoms with E-state index in [2.05, 4.69) is 5.32 Å². The minimum atomic E-state index is -4.49. The Morgan fingerprint density at radius 3 is 2.10 bits per heavy atom. The van der Waals surface area contributed by atoms with E-state index in [9.17, 15) is 17.8 Å². The smallest absolute Gasteiger partial charge is 0.744 e. The average molecular weight is 315 g/mol. The van der Waals surface area contributed by atoms with Crippen LogP contribution in [-0.4, -0.2) is 19.1 Å². The van der Waals surface area contributed by atoms with Crippen LogP contribution < -0.4 is 39.6 Å². The van der Waals surface area contributed by atoms with Crippen LogP contribution >= 0.6 is 0 Å². The van der Waals surface area contributed by atoms with E-state index < -0.39 is 16.2 Å². The van der Waals surface area contributed by atoms with E-state index in [0.29, 0.717) is 11.4 Å². The Hall–Kier alpha value is -1.38. The van der Waals surface area contributed by atoms with Crippen LogP contribution in [0.2, 0.25) is 0 Å². The minimum Gasteiger partial charge on any atom is -0.744 e. The van der Waals surface area contributed by atoms with Crippen LogP contribution in [-0.2, 0) is 10.1 Å². The predicted molar refractivity (Wildman–Crippen MR) is 70.5 cm³/mol. The summed E-state index contributed by atoms with van der Waals surface area (Å²) in [5, 5.41) is 2.41. The maximum Gasteiger partial charge on any atom is 1.00 e. The maximum absolute atomic E-state index is 11.6. The van der Waals surface area contributed by atoms with E-state index in [4.69, 9.17) is 4.74 Å². The molecule has 21 heavy (non-hydrogen) atoms. The fourth-order valence-electron chi connectivity index (χ4n) is 1.44. The van der Waals surface area contributed by atoms with E-state index in [1.165, 1.54) is 12.1 Å². The molecule has 0 aliphatic heterocycles. The molecule has 0 spiro atoms. The monoisotopic (exact) mass is 315 g/mol. The Bertz CT molecular complexity index is 701. The van der Waals surface area contributed by atoms with Crippen molar-refractivity contribution in [3.05, 3.63) is 54.6 Å². The Morgan fingerprint density at radius 1 is 1.00 bits per heavy atom. The second-order valence-electron chi connectivity index (χ2n) is 3.81. The average Bonchev–Trinajstić information content (AvgIpc) is 2.39. The van der Waals surface area contributed by atoms with Crippen LogP contribution in [0.15, 0.2) is 59.5 Å². The van der Waals surface area contributed by atoms with Gasteiger partial charge in [-0.15, -0.1) is 0 Å². The maximum atomic E-state index is 11.6. The number of para-hydroxylation sites is 1. The molecule has 8 heteroatoms. The molecule has 104 valence electrons. The van der Waals surface area contributed by atoms with Crippen LogP contribution in [0.25, 0.3) is 0 Å². The number of nitrogens with one attached hydrogen (secondary N) is 1. The van der Waals surface area contributed by atoms with E-state index >= 15 is 0 Å². The van der Waals surface area contributed by atoms with Gasteiger partial charge in [0.1, 0.15) is 15.9 Å². The van der Waals surface area contributed by atoms with Crippen LogP contribution in [0.4, 0.5) is 10.5 Å². The molecule has 0 aromatic heterocycles. The number of amides is 1. The molecule has 0 radical (unpaired) electrons. The van der Waals surface area contributed by atoms with E-state index in [1.807, 2.05) is 0 Å². The summed E-state index contributed by atoms with van der Waals surface area (Å²) in [5.74, 6) is 0.378. The molecule has 2 aromatic rings. The number of ether oxygens (including phenoxy) is 1. The van der Waals surface area contributed by atoms with Crippen molar-refractivity contribution in [1.82, 2.24) is 0 Å². The Morgan fingerprint density at radius 2 is 1.57 bits per heavy atom. The van der Waals surface area contributed by atoms with Gasteiger partial charge in [0.2, 0.25) is 0 Å². The summed E-state index contributed by atoms with van der Waals surface area (Å²) < 4.78 is 37.2. The molecule has 2 aromatic carbocycles. The third-order valence-corrected chi connectivity index (χ3v) is 3.19. The standard InChI is InChI=1S/C13H11NO5S.Na/c15-13(19-11-4-2-1-3-5-11)14-10-6-8-12(9-7-10)20(16,17)18;/h1-9H,(H,14,15)(H,16,17,18);/q;+1/p-1. The summed E-state index contributed by atoms with van der Waals surface area (Å²) >= 11 is 0. The molecule has 0 heterocycles. The molecule has 0 fully saturated rings. The second-order valence-corrected chi connectivity index (χ2v) is 5.19. The van der Waals surface area contributed by atoms with Gasteiger partial charge in [0.05, 0.1) is 4.90 Å². The van der Waals surface area contributed by atoms with Gasteiger partial charge in [0.15, 0.2) is 0 Å².